The van der Waals surface area contributed by atoms with E-state index in [0.717, 1.165) is 23.0 Å². The van der Waals surface area contributed by atoms with Gasteiger partial charge in [-0.15, -0.1) is 10.2 Å². The minimum absolute atomic E-state index is 0.0620. The highest BCUT2D eigenvalue weighted by Gasteiger charge is 2.11. The first kappa shape index (κ1) is 22.7. The largest absolute Gasteiger partial charge is 0.497 e. The molecule has 0 aliphatic rings. The lowest BCUT2D eigenvalue weighted by molar-refractivity contribution is 0.414. The van der Waals surface area contributed by atoms with Gasteiger partial charge in [0.05, 0.1) is 26.0 Å². The summed E-state index contributed by atoms with van der Waals surface area (Å²) in [5.74, 6) is 3.11. The molecule has 0 fully saturated rings. The van der Waals surface area contributed by atoms with Crippen LogP contribution in [0.25, 0.3) is 0 Å². The van der Waals surface area contributed by atoms with Crippen molar-refractivity contribution < 1.29 is 13.2 Å². The van der Waals surface area contributed by atoms with Crippen LogP contribution in [-0.2, 0) is 30.0 Å². The molecule has 0 saturated heterocycles. The molecule has 29 heavy (non-hydrogen) atoms. The highest BCUT2D eigenvalue weighted by atomic mass is 32.2. The lowest BCUT2D eigenvalue weighted by atomic mass is 10.2. The molecule has 1 aromatic heterocycles. The van der Waals surface area contributed by atoms with Crippen LogP contribution in [0.3, 0.4) is 0 Å². The van der Waals surface area contributed by atoms with Gasteiger partial charge in [-0.3, -0.25) is 0 Å². The summed E-state index contributed by atoms with van der Waals surface area (Å²) in [7, 11) is 0.527. The number of rotatable bonds is 9. The minimum Gasteiger partial charge on any atom is -0.497 e. The fraction of sp³-hybridized carbons (Fsp3) is 0.526. The summed E-state index contributed by atoms with van der Waals surface area (Å²) in [6, 6.07) is 7.64. The van der Waals surface area contributed by atoms with Gasteiger partial charge in [-0.2, -0.15) is 0 Å². The first-order valence-corrected chi connectivity index (χ1v) is 11.4. The molecule has 2 aromatic rings. The number of aromatic nitrogens is 3. The number of benzene rings is 1. The number of hydrogen-bond donors (Lipinski definition) is 2. The van der Waals surface area contributed by atoms with E-state index in [9.17, 15) is 8.42 Å². The van der Waals surface area contributed by atoms with Crippen LogP contribution in [-0.4, -0.2) is 54.3 Å². The number of aliphatic imine (C=N–C) groups is 1. The Morgan fingerprint density at radius 3 is 2.52 bits per heavy atom. The van der Waals surface area contributed by atoms with Crippen molar-refractivity contribution >= 4 is 15.8 Å². The molecule has 1 atom stereocenters. The zero-order chi connectivity index (χ0) is 21.4. The summed E-state index contributed by atoms with van der Waals surface area (Å²) in [6.07, 6.45) is 1.73. The maximum atomic E-state index is 11.4. The average molecular weight is 423 g/mol. The SMILES string of the molecule is COc1ccc(CN=C(NCc2nnc(C)n2C)NC(C)CCS(C)(=O)=O)cc1. The molecule has 1 heterocycles. The Kier molecular flexibility index (Phi) is 8.00. The first-order chi connectivity index (χ1) is 13.7. The standard InChI is InChI=1S/C19H30N6O3S/c1-14(10-11-29(5,26)27)22-19(21-13-18-24-23-15(2)25(18)3)20-12-16-6-8-17(28-4)9-7-16/h6-9,14H,10-13H2,1-5H3,(H2,20,21,22). The van der Waals surface area contributed by atoms with Gasteiger partial charge in [-0.25, -0.2) is 13.4 Å². The summed E-state index contributed by atoms with van der Waals surface area (Å²) in [5.41, 5.74) is 1.03. The molecule has 0 aliphatic heterocycles. The zero-order valence-electron chi connectivity index (χ0n) is 17.6. The maximum Gasteiger partial charge on any atom is 0.192 e. The highest BCUT2D eigenvalue weighted by molar-refractivity contribution is 7.90. The van der Waals surface area contributed by atoms with Crippen LogP contribution in [0.1, 0.15) is 30.6 Å². The highest BCUT2D eigenvalue weighted by Crippen LogP contribution is 2.12. The lowest BCUT2D eigenvalue weighted by Gasteiger charge is -2.18. The monoisotopic (exact) mass is 422 g/mol. The van der Waals surface area contributed by atoms with Gasteiger partial charge in [0.2, 0.25) is 0 Å². The second-order valence-corrected chi connectivity index (χ2v) is 9.31. The van der Waals surface area contributed by atoms with Crippen molar-refractivity contribution in [3.63, 3.8) is 0 Å². The van der Waals surface area contributed by atoms with Crippen molar-refractivity contribution in [2.45, 2.75) is 39.4 Å². The van der Waals surface area contributed by atoms with Crippen LogP contribution in [0.5, 0.6) is 5.75 Å². The van der Waals surface area contributed by atoms with Gasteiger partial charge in [-0.05, 0) is 38.0 Å². The number of methoxy groups -OCH3 is 1. The van der Waals surface area contributed by atoms with Crippen molar-refractivity contribution in [3.8, 4) is 5.75 Å². The first-order valence-electron chi connectivity index (χ1n) is 9.38. The second-order valence-electron chi connectivity index (χ2n) is 7.05. The number of sulfone groups is 1. The number of guanidine groups is 1. The van der Waals surface area contributed by atoms with Crippen molar-refractivity contribution in [3.05, 3.63) is 41.5 Å². The van der Waals surface area contributed by atoms with Crippen LogP contribution in [0.15, 0.2) is 29.3 Å². The van der Waals surface area contributed by atoms with Crippen LogP contribution in [0.4, 0.5) is 0 Å². The molecule has 160 valence electrons. The van der Waals surface area contributed by atoms with Gasteiger partial charge in [0.25, 0.3) is 0 Å². The molecule has 0 radical (unpaired) electrons. The molecule has 0 saturated carbocycles. The molecule has 0 spiro atoms. The molecule has 1 aromatic carbocycles. The Hall–Kier alpha value is -2.62. The summed E-state index contributed by atoms with van der Waals surface area (Å²) < 4.78 is 29.9. The predicted molar refractivity (Wildman–Crippen MR) is 114 cm³/mol. The molecule has 2 N–H and O–H groups in total. The average Bonchev–Trinajstić information content (AvgIpc) is 3.00. The van der Waals surface area contributed by atoms with E-state index >= 15 is 0 Å². The normalized spacial score (nSPS) is 13.2. The zero-order valence-corrected chi connectivity index (χ0v) is 18.5. The smallest absolute Gasteiger partial charge is 0.192 e. The van der Waals surface area contributed by atoms with Crippen molar-refractivity contribution in [2.75, 3.05) is 19.1 Å². The Balaban J connectivity index is 2.06. The van der Waals surface area contributed by atoms with Gasteiger partial charge in [-0.1, -0.05) is 12.1 Å². The van der Waals surface area contributed by atoms with E-state index in [4.69, 9.17) is 4.74 Å². The van der Waals surface area contributed by atoms with E-state index in [2.05, 4.69) is 25.8 Å². The maximum absolute atomic E-state index is 11.4. The number of ether oxygens (including phenoxy) is 1. The van der Waals surface area contributed by atoms with E-state index in [1.165, 1.54) is 6.26 Å². The van der Waals surface area contributed by atoms with E-state index < -0.39 is 9.84 Å². The predicted octanol–water partition coefficient (Wildman–Crippen LogP) is 1.19. The number of nitrogens with one attached hydrogen (secondary N) is 2. The molecule has 0 bridgehead atoms. The molecule has 0 aliphatic carbocycles. The van der Waals surface area contributed by atoms with Gasteiger partial charge >= 0.3 is 0 Å². The van der Waals surface area contributed by atoms with Gasteiger partial charge in [0.1, 0.15) is 21.4 Å². The molecule has 1 unspecified atom stereocenters. The minimum atomic E-state index is -3.01. The fourth-order valence-corrected chi connectivity index (χ4v) is 3.30. The molecule has 2 rings (SSSR count). The summed E-state index contributed by atoms with van der Waals surface area (Å²) >= 11 is 0. The molecular formula is C19H30N6O3S. The topological polar surface area (TPSA) is 110 Å². The van der Waals surface area contributed by atoms with Crippen LogP contribution in [0, 0.1) is 6.92 Å². The Morgan fingerprint density at radius 2 is 1.97 bits per heavy atom. The van der Waals surface area contributed by atoms with E-state index in [-0.39, 0.29) is 11.8 Å². The summed E-state index contributed by atoms with van der Waals surface area (Å²) in [6.45, 7) is 4.74. The van der Waals surface area contributed by atoms with E-state index in [0.29, 0.717) is 25.5 Å². The van der Waals surface area contributed by atoms with E-state index in [1.54, 1.807) is 7.11 Å². The van der Waals surface area contributed by atoms with E-state index in [1.807, 2.05) is 49.7 Å². The van der Waals surface area contributed by atoms with Crippen LogP contribution >= 0.6 is 0 Å². The fourth-order valence-electron chi connectivity index (χ4n) is 2.52. The Bertz CT molecular complexity index is 922. The van der Waals surface area contributed by atoms with Crippen molar-refractivity contribution in [2.24, 2.45) is 12.0 Å². The molecular weight excluding hydrogens is 392 g/mol. The summed E-state index contributed by atoms with van der Waals surface area (Å²) in [4.78, 5) is 4.63. The number of nitrogens with zero attached hydrogens (tertiary/aromatic N) is 4. The number of hydrogen-bond acceptors (Lipinski definition) is 6. The van der Waals surface area contributed by atoms with Crippen LogP contribution in [0.2, 0.25) is 0 Å². The quantitative estimate of drug-likeness (QED) is 0.461. The Labute approximate surface area is 172 Å². The third kappa shape index (κ3) is 7.72. The third-order valence-corrected chi connectivity index (χ3v) is 5.46. The van der Waals surface area contributed by atoms with Crippen molar-refractivity contribution in [1.29, 1.82) is 0 Å². The van der Waals surface area contributed by atoms with Crippen LogP contribution < -0.4 is 15.4 Å². The van der Waals surface area contributed by atoms with Gasteiger partial charge in [0, 0.05) is 19.3 Å². The van der Waals surface area contributed by atoms with Gasteiger partial charge < -0.3 is 19.9 Å². The molecule has 0 amide bonds. The van der Waals surface area contributed by atoms with Crippen molar-refractivity contribution in [1.82, 2.24) is 25.4 Å². The molecule has 10 heteroatoms. The van der Waals surface area contributed by atoms with Gasteiger partial charge in [0.15, 0.2) is 11.8 Å². The summed E-state index contributed by atoms with van der Waals surface area (Å²) in [5, 5.41) is 14.7. The molecule has 9 nitrogen and oxygen atoms in total. The third-order valence-electron chi connectivity index (χ3n) is 4.48. The Morgan fingerprint density at radius 1 is 1.28 bits per heavy atom. The number of aryl methyl sites for hydroxylation is 1. The lowest BCUT2D eigenvalue weighted by Crippen LogP contribution is -2.43. The second kappa shape index (κ2) is 10.2.